The van der Waals surface area contributed by atoms with Crippen LogP contribution in [0, 0.1) is 0 Å². The summed E-state index contributed by atoms with van der Waals surface area (Å²) in [6, 6.07) is 11.8. The van der Waals surface area contributed by atoms with Crippen molar-refractivity contribution in [1.82, 2.24) is 4.90 Å². The first kappa shape index (κ1) is 17.8. The number of halogens is 3. The standard InChI is InChI=1S/C16H13BrCl2N2O2/c1-21(16(23)10-6-7-12(18)13(19)8-10)9-15(22)20-14-5-3-2-4-11(14)17/h2-8H,9H2,1H3,(H,20,22). The molecule has 2 aromatic carbocycles. The number of carbonyl (C=O) groups excluding carboxylic acids is 2. The number of carbonyl (C=O) groups is 2. The van der Waals surface area contributed by atoms with E-state index in [1.165, 1.54) is 11.0 Å². The molecule has 0 fully saturated rings. The van der Waals surface area contributed by atoms with Gasteiger partial charge >= 0.3 is 0 Å². The van der Waals surface area contributed by atoms with Gasteiger partial charge in [0.25, 0.3) is 5.91 Å². The molecule has 2 amide bonds. The van der Waals surface area contributed by atoms with E-state index in [1.807, 2.05) is 18.2 Å². The highest BCUT2D eigenvalue weighted by atomic mass is 79.9. The van der Waals surface area contributed by atoms with Crippen LogP contribution in [0.15, 0.2) is 46.9 Å². The largest absolute Gasteiger partial charge is 0.332 e. The first-order valence-electron chi connectivity index (χ1n) is 6.63. The molecule has 7 heteroatoms. The molecule has 1 N–H and O–H groups in total. The van der Waals surface area contributed by atoms with E-state index in [2.05, 4.69) is 21.2 Å². The maximum absolute atomic E-state index is 12.3. The van der Waals surface area contributed by atoms with E-state index in [0.29, 0.717) is 21.3 Å². The molecule has 0 saturated carbocycles. The van der Waals surface area contributed by atoms with Crippen LogP contribution in [0.1, 0.15) is 10.4 Å². The minimum absolute atomic E-state index is 0.0829. The third kappa shape index (κ3) is 4.70. The zero-order chi connectivity index (χ0) is 17.0. The number of para-hydroxylation sites is 1. The molecular weight excluding hydrogens is 403 g/mol. The van der Waals surface area contributed by atoms with Crippen LogP contribution in [0.4, 0.5) is 5.69 Å². The molecule has 0 aliphatic rings. The Morgan fingerprint density at radius 3 is 2.48 bits per heavy atom. The minimum Gasteiger partial charge on any atom is -0.332 e. The van der Waals surface area contributed by atoms with Gasteiger partial charge in [0.1, 0.15) is 0 Å². The van der Waals surface area contributed by atoms with Gasteiger partial charge in [0.2, 0.25) is 5.91 Å². The summed E-state index contributed by atoms with van der Waals surface area (Å²) in [4.78, 5) is 25.7. The number of likely N-dealkylation sites (N-methyl/N-ethyl adjacent to an activating group) is 1. The molecule has 0 heterocycles. The zero-order valence-corrected chi connectivity index (χ0v) is 15.2. The Hall–Kier alpha value is -1.56. The van der Waals surface area contributed by atoms with Crippen molar-refractivity contribution >= 4 is 56.6 Å². The third-order valence-corrected chi connectivity index (χ3v) is 4.47. The van der Waals surface area contributed by atoms with Crippen molar-refractivity contribution in [3.63, 3.8) is 0 Å². The van der Waals surface area contributed by atoms with Crippen LogP contribution < -0.4 is 5.32 Å². The van der Waals surface area contributed by atoms with Gasteiger partial charge < -0.3 is 10.2 Å². The number of amides is 2. The Balaban J connectivity index is 2.01. The summed E-state index contributed by atoms with van der Waals surface area (Å²) in [6.07, 6.45) is 0. The van der Waals surface area contributed by atoms with Crippen molar-refractivity contribution in [2.75, 3.05) is 18.9 Å². The highest BCUT2D eigenvalue weighted by Gasteiger charge is 2.16. The first-order valence-corrected chi connectivity index (χ1v) is 8.18. The predicted molar refractivity (Wildman–Crippen MR) is 96.2 cm³/mol. The molecule has 0 bridgehead atoms. The molecule has 0 aliphatic heterocycles. The van der Waals surface area contributed by atoms with Gasteiger partial charge in [-0.3, -0.25) is 9.59 Å². The zero-order valence-electron chi connectivity index (χ0n) is 12.1. The van der Waals surface area contributed by atoms with Crippen molar-refractivity contribution in [2.24, 2.45) is 0 Å². The van der Waals surface area contributed by atoms with Crippen molar-refractivity contribution < 1.29 is 9.59 Å². The summed E-state index contributed by atoms with van der Waals surface area (Å²) in [7, 11) is 1.55. The molecule has 4 nitrogen and oxygen atoms in total. The maximum atomic E-state index is 12.3. The molecule has 0 spiro atoms. The molecule has 0 saturated heterocycles. The van der Waals surface area contributed by atoms with Crippen LogP contribution in [0.25, 0.3) is 0 Å². The van der Waals surface area contributed by atoms with Gasteiger partial charge in [-0.1, -0.05) is 35.3 Å². The van der Waals surface area contributed by atoms with Crippen LogP contribution in [0.3, 0.4) is 0 Å². The predicted octanol–water partition coefficient (Wildman–Crippen LogP) is 4.47. The average Bonchev–Trinajstić information content (AvgIpc) is 2.51. The smallest absolute Gasteiger partial charge is 0.254 e. The second-order valence-electron chi connectivity index (χ2n) is 4.82. The van der Waals surface area contributed by atoms with E-state index in [4.69, 9.17) is 23.2 Å². The summed E-state index contributed by atoms with van der Waals surface area (Å²) < 4.78 is 0.770. The van der Waals surface area contributed by atoms with Gasteiger partial charge in [0.15, 0.2) is 0 Å². The number of nitrogens with one attached hydrogen (secondary N) is 1. The summed E-state index contributed by atoms with van der Waals surface area (Å²) in [6.45, 7) is -0.0829. The van der Waals surface area contributed by atoms with E-state index in [1.54, 1.807) is 25.2 Å². The topological polar surface area (TPSA) is 49.4 Å². The number of rotatable bonds is 4. The van der Waals surface area contributed by atoms with Crippen molar-refractivity contribution in [3.8, 4) is 0 Å². The lowest BCUT2D eigenvalue weighted by atomic mass is 10.2. The average molecular weight is 416 g/mol. The molecule has 23 heavy (non-hydrogen) atoms. The second kappa shape index (κ2) is 7.81. The van der Waals surface area contributed by atoms with E-state index in [-0.39, 0.29) is 18.4 Å². The third-order valence-electron chi connectivity index (χ3n) is 3.04. The molecular formula is C16H13BrCl2N2O2. The highest BCUT2D eigenvalue weighted by Crippen LogP contribution is 2.23. The van der Waals surface area contributed by atoms with E-state index >= 15 is 0 Å². The van der Waals surface area contributed by atoms with Crippen molar-refractivity contribution in [3.05, 3.63) is 62.5 Å². The Kier molecular flexibility index (Phi) is 6.04. The van der Waals surface area contributed by atoms with Crippen LogP contribution in [-0.4, -0.2) is 30.3 Å². The summed E-state index contributed by atoms with van der Waals surface area (Å²) >= 11 is 15.1. The molecule has 0 radical (unpaired) electrons. The summed E-state index contributed by atoms with van der Waals surface area (Å²) in [5, 5.41) is 3.41. The number of nitrogens with zero attached hydrogens (tertiary/aromatic N) is 1. The van der Waals surface area contributed by atoms with Gasteiger partial charge in [-0.2, -0.15) is 0 Å². The Labute approximate surface area is 152 Å². The Morgan fingerprint density at radius 2 is 1.83 bits per heavy atom. The maximum Gasteiger partial charge on any atom is 0.254 e. The van der Waals surface area contributed by atoms with Gasteiger partial charge in [-0.05, 0) is 46.3 Å². The minimum atomic E-state index is -0.314. The summed E-state index contributed by atoms with van der Waals surface area (Å²) in [5.41, 5.74) is 1.02. The molecule has 0 atom stereocenters. The normalized spacial score (nSPS) is 10.3. The Morgan fingerprint density at radius 1 is 1.13 bits per heavy atom. The fourth-order valence-electron chi connectivity index (χ4n) is 1.89. The number of hydrogen-bond acceptors (Lipinski definition) is 2. The second-order valence-corrected chi connectivity index (χ2v) is 6.49. The van der Waals surface area contributed by atoms with E-state index < -0.39 is 0 Å². The van der Waals surface area contributed by atoms with E-state index in [0.717, 1.165) is 4.47 Å². The van der Waals surface area contributed by atoms with Gasteiger partial charge in [-0.25, -0.2) is 0 Å². The van der Waals surface area contributed by atoms with E-state index in [9.17, 15) is 9.59 Å². The molecule has 0 unspecified atom stereocenters. The molecule has 0 aliphatic carbocycles. The van der Waals surface area contributed by atoms with Crippen LogP contribution >= 0.6 is 39.1 Å². The highest BCUT2D eigenvalue weighted by molar-refractivity contribution is 9.10. The lowest BCUT2D eigenvalue weighted by molar-refractivity contribution is -0.116. The monoisotopic (exact) mass is 414 g/mol. The van der Waals surface area contributed by atoms with Crippen LogP contribution in [0.5, 0.6) is 0 Å². The van der Waals surface area contributed by atoms with Crippen molar-refractivity contribution in [2.45, 2.75) is 0 Å². The molecule has 2 aromatic rings. The summed E-state index contributed by atoms with van der Waals surface area (Å²) in [5.74, 6) is -0.612. The number of hydrogen-bond donors (Lipinski definition) is 1. The molecule has 0 aromatic heterocycles. The van der Waals surface area contributed by atoms with Crippen molar-refractivity contribution in [1.29, 1.82) is 0 Å². The quantitative estimate of drug-likeness (QED) is 0.800. The van der Waals surface area contributed by atoms with Crippen LogP contribution in [0.2, 0.25) is 10.0 Å². The lowest BCUT2D eigenvalue weighted by Gasteiger charge is -2.17. The van der Waals surface area contributed by atoms with Gasteiger partial charge in [0, 0.05) is 17.1 Å². The first-order chi connectivity index (χ1) is 10.9. The number of benzene rings is 2. The van der Waals surface area contributed by atoms with Gasteiger partial charge in [-0.15, -0.1) is 0 Å². The lowest BCUT2D eigenvalue weighted by Crippen LogP contribution is -2.35. The Bertz CT molecular complexity index is 753. The molecule has 120 valence electrons. The fourth-order valence-corrected chi connectivity index (χ4v) is 2.57. The molecule has 2 rings (SSSR count). The van der Waals surface area contributed by atoms with Gasteiger partial charge in [0.05, 0.1) is 22.3 Å². The SMILES string of the molecule is CN(CC(=O)Nc1ccccc1Br)C(=O)c1ccc(Cl)c(Cl)c1. The van der Waals surface area contributed by atoms with Crippen LogP contribution in [-0.2, 0) is 4.79 Å². The number of anilines is 1. The fraction of sp³-hybridized carbons (Fsp3) is 0.125.